The third kappa shape index (κ3) is 3.70. The fourth-order valence-electron chi connectivity index (χ4n) is 2.57. The van der Waals surface area contributed by atoms with E-state index in [0.29, 0.717) is 11.6 Å². The molecular formula is C15H23N3O. The Morgan fingerprint density at radius 1 is 1.58 bits per heavy atom. The molecule has 0 aromatic heterocycles. The Bertz CT molecular complexity index is 447. The van der Waals surface area contributed by atoms with Gasteiger partial charge in [-0.2, -0.15) is 0 Å². The first-order chi connectivity index (χ1) is 9.06. The highest BCUT2D eigenvalue weighted by Crippen LogP contribution is 2.18. The zero-order valence-corrected chi connectivity index (χ0v) is 11.7. The summed E-state index contributed by atoms with van der Waals surface area (Å²) in [5, 5.41) is 3.06. The minimum atomic E-state index is -0.150. The molecule has 0 bridgehead atoms. The second-order valence-electron chi connectivity index (χ2n) is 5.55. The van der Waals surface area contributed by atoms with Crippen LogP contribution < -0.4 is 11.1 Å². The standard InChI is InChI=1S/C15H23N3O/c1-11(13-4-3-5-14(16)8-13)15(19)17-9-12-6-7-18(2)10-12/h3-5,8,11-12H,6-7,9-10,16H2,1-2H3,(H,17,19). The fraction of sp³-hybridized carbons (Fsp3) is 0.533. The van der Waals surface area contributed by atoms with Crippen molar-refractivity contribution in [3.8, 4) is 0 Å². The van der Waals surface area contributed by atoms with Crippen molar-refractivity contribution in [2.24, 2.45) is 5.92 Å². The summed E-state index contributed by atoms with van der Waals surface area (Å²) in [7, 11) is 2.12. The molecule has 3 N–H and O–H groups in total. The molecule has 0 spiro atoms. The van der Waals surface area contributed by atoms with E-state index in [0.717, 1.165) is 25.2 Å². The van der Waals surface area contributed by atoms with E-state index < -0.39 is 0 Å². The molecule has 1 heterocycles. The van der Waals surface area contributed by atoms with Gasteiger partial charge in [-0.15, -0.1) is 0 Å². The van der Waals surface area contributed by atoms with Gasteiger partial charge < -0.3 is 16.0 Å². The molecule has 104 valence electrons. The number of carbonyl (C=O) groups is 1. The third-order valence-corrected chi connectivity index (χ3v) is 3.86. The molecule has 0 aliphatic carbocycles. The van der Waals surface area contributed by atoms with Crippen LogP contribution in [0.3, 0.4) is 0 Å². The lowest BCUT2D eigenvalue weighted by atomic mass is 9.99. The van der Waals surface area contributed by atoms with Crippen LogP contribution in [0, 0.1) is 5.92 Å². The van der Waals surface area contributed by atoms with Crippen LogP contribution in [0.1, 0.15) is 24.8 Å². The first-order valence-electron chi connectivity index (χ1n) is 6.88. The van der Waals surface area contributed by atoms with Crippen molar-refractivity contribution in [3.05, 3.63) is 29.8 Å². The fourth-order valence-corrected chi connectivity index (χ4v) is 2.57. The van der Waals surface area contributed by atoms with Gasteiger partial charge in [0.25, 0.3) is 0 Å². The van der Waals surface area contributed by atoms with E-state index in [1.54, 1.807) is 0 Å². The van der Waals surface area contributed by atoms with Crippen molar-refractivity contribution in [1.29, 1.82) is 0 Å². The van der Waals surface area contributed by atoms with Crippen molar-refractivity contribution in [3.63, 3.8) is 0 Å². The van der Waals surface area contributed by atoms with Crippen molar-refractivity contribution in [2.45, 2.75) is 19.3 Å². The lowest BCUT2D eigenvalue weighted by Gasteiger charge is -2.16. The third-order valence-electron chi connectivity index (χ3n) is 3.86. The van der Waals surface area contributed by atoms with E-state index in [1.807, 2.05) is 31.2 Å². The van der Waals surface area contributed by atoms with Crippen molar-refractivity contribution < 1.29 is 4.79 Å². The highest BCUT2D eigenvalue weighted by atomic mass is 16.1. The Hall–Kier alpha value is -1.55. The summed E-state index contributed by atoms with van der Waals surface area (Å²) in [5.74, 6) is 0.518. The maximum Gasteiger partial charge on any atom is 0.227 e. The molecule has 1 aliphatic rings. The maximum absolute atomic E-state index is 12.1. The van der Waals surface area contributed by atoms with E-state index in [1.165, 1.54) is 6.42 Å². The topological polar surface area (TPSA) is 58.4 Å². The van der Waals surface area contributed by atoms with Crippen LogP contribution in [0.25, 0.3) is 0 Å². The highest BCUT2D eigenvalue weighted by molar-refractivity contribution is 5.83. The summed E-state index contributed by atoms with van der Waals surface area (Å²) in [6, 6.07) is 7.54. The number of nitrogens with zero attached hydrogens (tertiary/aromatic N) is 1. The smallest absolute Gasteiger partial charge is 0.227 e. The normalized spacial score (nSPS) is 21.3. The quantitative estimate of drug-likeness (QED) is 0.806. The number of benzene rings is 1. The van der Waals surface area contributed by atoms with Crippen molar-refractivity contribution in [1.82, 2.24) is 10.2 Å². The number of nitrogen functional groups attached to an aromatic ring is 1. The van der Waals surface area contributed by atoms with E-state index in [9.17, 15) is 4.79 Å². The van der Waals surface area contributed by atoms with Gasteiger partial charge in [0.05, 0.1) is 5.92 Å². The predicted octanol–water partition coefficient (Wildman–Crippen LogP) is 1.44. The van der Waals surface area contributed by atoms with Gasteiger partial charge in [-0.1, -0.05) is 12.1 Å². The second kappa shape index (κ2) is 6.06. The number of nitrogens with two attached hydrogens (primary N) is 1. The molecule has 1 fully saturated rings. The van der Waals surface area contributed by atoms with Gasteiger partial charge >= 0.3 is 0 Å². The Labute approximate surface area is 115 Å². The number of anilines is 1. The minimum Gasteiger partial charge on any atom is -0.399 e. The predicted molar refractivity (Wildman–Crippen MR) is 77.9 cm³/mol. The molecule has 2 atom stereocenters. The SMILES string of the molecule is CC(C(=O)NCC1CCN(C)C1)c1cccc(N)c1. The Balaban J connectivity index is 1.85. The molecule has 4 nitrogen and oxygen atoms in total. The largest absolute Gasteiger partial charge is 0.399 e. The van der Waals surface area contributed by atoms with E-state index in [4.69, 9.17) is 5.73 Å². The number of hydrogen-bond donors (Lipinski definition) is 2. The number of rotatable bonds is 4. The highest BCUT2D eigenvalue weighted by Gasteiger charge is 2.21. The zero-order valence-electron chi connectivity index (χ0n) is 11.7. The van der Waals surface area contributed by atoms with Gasteiger partial charge in [0.2, 0.25) is 5.91 Å². The average Bonchev–Trinajstić information content (AvgIpc) is 2.81. The molecule has 1 aliphatic heterocycles. The molecule has 19 heavy (non-hydrogen) atoms. The molecule has 1 saturated heterocycles. The first-order valence-corrected chi connectivity index (χ1v) is 6.88. The number of hydrogen-bond acceptors (Lipinski definition) is 3. The Morgan fingerprint density at radius 2 is 2.37 bits per heavy atom. The van der Waals surface area contributed by atoms with E-state index in [-0.39, 0.29) is 11.8 Å². The number of amides is 1. The van der Waals surface area contributed by atoms with E-state index in [2.05, 4.69) is 17.3 Å². The molecule has 2 rings (SSSR count). The molecule has 1 aromatic carbocycles. The van der Waals surface area contributed by atoms with Crippen LogP contribution in [-0.4, -0.2) is 37.5 Å². The molecule has 0 saturated carbocycles. The van der Waals surface area contributed by atoms with Gasteiger partial charge in [0.1, 0.15) is 0 Å². The second-order valence-corrected chi connectivity index (χ2v) is 5.55. The van der Waals surface area contributed by atoms with Gasteiger partial charge in [-0.25, -0.2) is 0 Å². The van der Waals surface area contributed by atoms with Crippen LogP contribution >= 0.6 is 0 Å². The van der Waals surface area contributed by atoms with Crippen molar-refractivity contribution in [2.75, 3.05) is 32.4 Å². The van der Waals surface area contributed by atoms with Crippen LogP contribution in [0.15, 0.2) is 24.3 Å². The summed E-state index contributed by atoms with van der Waals surface area (Å²) in [5.41, 5.74) is 7.42. The van der Waals surface area contributed by atoms with Gasteiger partial charge in [0, 0.05) is 18.8 Å². The number of likely N-dealkylation sites (tertiary alicyclic amines) is 1. The molecule has 4 heteroatoms. The summed E-state index contributed by atoms with van der Waals surface area (Å²) >= 11 is 0. The van der Waals surface area contributed by atoms with Crippen LogP contribution in [0.4, 0.5) is 5.69 Å². The lowest BCUT2D eigenvalue weighted by molar-refractivity contribution is -0.122. The molecule has 2 unspecified atom stereocenters. The maximum atomic E-state index is 12.1. The summed E-state index contributed by atoms with van der Waals surface area (Å²) in [6.45, 7) is 4.90. The number of nitrogens with one attached hydrogen (secondary N) is 1. The monoisotopic (exact) mass is 261 g/mol. The first kappa shape index (κ1) is 13.9. The molecular weight excluding hydrogens is 238 g/mol. The van der Waals surface area contributed by atoms with Gasteiger partial charge in [-0.3, -0.25) is 4.79 Å². The summed E-state index contributed by atoms with van der Waals surface area (Å²) < 4.78 is 0. The van der Waals surface area contributed by atoms with E-state index >= 15 is 0 Å². The van der Waals surface area contributed by atoms with Gasteiger partial charge in [0.15, 0.2) is 0 Å². The zero-order chi connectivity index (χ0) is 13.8. The van der Waals surface area contributed by atoms with Crippen LogP contribution in [-0.2, 0) is 4.79 Å². The Morgan fingerprint density at radius 3 is 3.00 bits per heavy atom. The van der Waals surface area contributed by atoms with Gasteiger partial charge in [-0.05, 0) is 50.6 Å². The number of carbonyl (C=O) groups excluding carboxylic acids is 1. The molecule has 1 aromatic rings. The molecule has 1 amide bonds. The average molecular weight is 261 g/mol. The van der Waals surface area contributed by atoms with Crippen LogP contribution in [0.5, 0.6) is 0 Å². The van der Waals surface area contributed by atoms with Crippen molar-refractivity contribution >= 4 is 11.6 Å². The Kier molecular flexibility index (Phi) is 4.43. The summed E-state index contributed by atoms with van der Waals surface area (Å²) in [4.78, 5) is 14.4. The summed E-state index contributed by atoms with van der Waals surface area (Å²) in [6.07, 6.45) is 1.17. The molecule has 0 radical (unpaired) electrons. The van der Waals surface area contributed by atoms with Crippen LogP contribution in [0.2, 0.25) is 0 Å². The lowest BCUT2D eigenvalue weighted by Crippen LogP contribution is -2.33. The minimum absolute atomic E-state index is 0.0835.